The molecule has 11 nitrogen and oxygen atoms in total. The predicted molar refractivity (Wildman–Crippen MR) is 159 cm³/mol. The number of amidine groups is 1. The van der Waals surface area contributed by atoms with E-state index in [-0.39, 0.29) is 28.6 Å². The van der Waals surface area contributed by atoms with Crippen molar-refractivity contribution in [2.45, 2.75) is 33.1 Å². The summed E-state index contributed by atoms with van der Waals surface area (Å²) in [4.78, 5) is 39.7. The predicted octanol–water partition coefficient (Wildman–Crippen LogP) is 6.34. The van der Waals surface area contributed by atoms with E-state index in [0.717, 1.165) is 17.8 Å². The minimum atomic E-state index is -4.82. The molecule has 2 aromatic heterocycles. The van der Waals surface area contributed by atoms with Gasteiger partial charge in [-0.1, -0.05) is 31.7 Å². The van der Waals surface area contributed by atoms with Crippen molar-refractivity contribution in [3.63, 3.8) is 0 Å². The van der Waals surface area contributed by atoms with Crippen molar-refractivity contribution in [2.75, 3.05) is 23.1 Å². The van der Waals surface area contributed by atoms with Crippen molar-refractivity contribution < 1.29 is 32.2 Å². The number of aryl methyl sites for hydroxylation is 1. The van der Waals surface area contributed by atoms with Crippen LogP contribution in [-0.2, 0) is 4.79 Å². The molecule has 4 aromatic rings. The molecule has 44 heavy (non-hydrogen) atoms. The number of pyridine rings is 1. The zero-order valence-electron chi connectivity index (χ0n) is 23.9. The first kappa shape index (κ1) is 30.5. The van der Waals surface area contributed by atoms with E-state index < -0.39 is 18.1 Å². The van der Waals surface area contributed by atoms with E-state index in [1.807, 2.05) is 26.0 Å². The molecule has 5 rings (SSSR count). The number of benzene rings is 2. The van der Waals surface area contributed by atoms with E-state index in [9.17, 15) is 22.8 Å². The third-order valence-corrected chi connectivity index (χ3v) is 7.39. The standard InChI is InChI=1S/C29H26F3N7O4S/c1-16(2)21-8-6-19(42-4)12-23(21)39-25(40)14-44-28(39)36-27(41)35-22-9-5-18(11-17(22)3)26-34-15-38(37-26)24-10-7-20(13-33-24)43-29(30,31)32/h5-13,15-16H,14H2,1-4H3,(H,35,41). The van der Waals surface area contributed by atoms with Gasteiger partial charge in [0.15, 0.2) is 16.8 Å². The van der Waals surface area contributed by atoms with Crippen LogP contribution in [0.15, 0.2) is 66.0 Å². The minimum absolute atomic E-state index is 0.112. The third-order valence-electron chi connectivity index (χ3n) is 6.47. The molecule has 1 saturated heterocycles. The summed E-state index contributed by atoms with van der Waals surface area (Å²) >= 11 is 1.18. The zero-order chi connectivity index (χ0) is 31.6. The van der Waals surface area contributed by atoms with Gasteiger partial charge in [0.25, 0.3) is 0 Å². The van der Waals surface area contributed by atoms with Crippen molar-refractivity contribution in [1.82, 2.24) is 19.7 Å². The number of urea groups is 1. The molecule has 0 aliphatic carbocycles. The van der Waals surface area contributed by atoms with Crippen molar-refractivity contribution in [1.29, 1.82) is 0 Å². The lowest BCUT2D eigenvalue weighted by atomic mass is 10.00. The monoisotopic (exact) mass is 625 g/mol. The number of amides is 3. The van der Waals surface area contributed by atoms with E-state index in [1.54, 1.807) is 38.3 Å². The topological polar surface area (TPSA) is 124 Å². The highest BCUT2D eigenvalue weighted by Gasteiger charge is 2.33. The van der Waals surface area contributed by atoms with Crippen LogP contribution in [0.5, 0.6) is 11.5 Å². The third kappa shape index (κ3) is 6.83. The SMILES string of the molecule is COc1ccc(C(C)C)c(N2C(=O)CSC2=NC(=O)Nc2ccc(-c3ncn(-c4ccc(OC(F)(F)F)cn4)n3)cc2C)c1. The van der Waals surface area contributed by atoms with Crippen molar-refractivity contribution in [3.8, 4) is 28.7 Å². The fourth-order valence-corrected chi connectivity index (χ4v) is 5.25. The van der Waals surface area contributed by atoms with Gasteiger partial charge in [-0.15, -0.1) is 18.3 Å². The lowest BCUT2D eigenvalue weighted by molar-refractivity contribution is -0.274. The molecular weight excluding hydrogens is 599 g/mol. The van der Waals surface area contributed by atoms with Crippen LogP contribution in [0, 0.1) is 6.92 Å². The zero-order valence-corrected chi connectivity index (χ0v) is 24.7. The number of aliphatic imine (C=N–C) groups is 1. The number of nitrogens with one attached hydrogen (secondary N) is 1. The first-order valence-electron chi connectivity index (χ1n) is 13.2. The van der Waals surface area contributed by atoms with Crippen molar-refractivity contribution in [2.24, 2.45) is 4.99 Å². The molecule has 0 saturated carbocycles. The maximum atomic E-state index is 13.0. The van der Waals surface area contributed by atoms with E-state index in [2.05, 4.69) is 30.1 Å². The molecule has 0 unspecified atom stereocenters. The van der Waals surface area contributed by atoms with Crippen LogP contribution < -0.4 is 19.7 Å². The van der Waals surface area contributed by atoms with Gasteiger partial charge in [-0.25, -0.2) is 19.4 Å². The van der Waals surface area contributed by atoms with Crippen LogP contribution in [0.3, 0.4) is 0 Å². The van der Waals surface area contributed by atoms with Crippen molar-refractivity contribution in [3.05, 3.63) is 72.2 Å². The Kier molecular flexibility index (Phi) is 8.58. The van der Waals surface area contributed by atoms with Gasteiger partial charge in [-0.05, 0) is 60.4 Å². The molecule has 0 atom stereocenters. The van der Waals surface area contributed by atoms with Gasteiger partial charge >= 0.3 is 12.4 Å². The number of thioether (sulfide) groups is 1. The Morgan fingerprint density at radius 3 is 2.52 bits per heavy atom. The number of anilines is 2. The summed E-state index contributed by atoms with van der Waals surface area (Å²) in [5.74, 6) is 0.772. The van der Waals surface area contributed by atoms with Crippen LogP contribution in [0.25, 0.3) is 17.2 Å². The molecule has 0 spiro atoms. The maximum absolute atomic E-state index is 13.0. The van der Waals surface area contributed by atoms with Crippen LogP contribution in [0.2, 0.25) is 0 Å². The molecule has 1 aliphatic rings. The number of methoxy groups -OCH3 is 1. The highest BCUT2D eigenvalue weighted by atomic mass is 32.2. The summed E-state index contributed by atoms with van der Waals surface area (Å²) in [7, 11) is 1.54. The number of carbonyl (C=O) groups is 2. The lowest BCUT2D eigenvalue weighted by Crippen LogP contribution is -2.31. The van der Waals surface area contributed by atoms with Gasteiger partial charge in [0.2, 0.25) is 5.91 Å². The van der Waals surface area contributed by atoms with Crippen LogP contribution >= 0.6 is 11.8 Å². The molecule has 0 radical (unpaired) electrons. The fourth-order valence-electron chi connectivity index (χ4n) is 4.39. The largest absolute Gasteiger partial charge is 0.573 e. The average Bonchev–Trinajstić information content (AvgIpc) is 3.60. The number of rotatable bonds is 7. The molecule has 228 valence electrons. The quantitative estimate of drug-likeness (QED) is 0.253. The Balaban J connectivity index is 1.31. The maximum Gasteiger partial charge on any atom is 0.573 e. The Labute approximate surface area is 254 Å². The summed E-state index contributed by atoms with van der Waals surface area (Å²) < 4.78 is 47.7. The van der Waals surface area contributed by atoms with Gasteiger partial charge in [0.1, 0.15) is 17.8 Å². The molecule has 2 aromatic carbocycles. The molecule has 1 aliphatic heterocycles. The molecule has 15 heteroatoms. The summed E-state index contributed by atoms with van der Waals surface area (Å²) in [6, 6.07) is 12.4. The number of alkyl halides is 3. The molecule has 1 fully saturated rings. The Hall–Kier alpha value is -4.92. The Bertz CT molecular complexity index is 1740. The highest BCUT2D eigenvalue weighted by Crippen LogP contribution is 2.36. The first-order valence-corrected chi connectivity index (χ1v) is 14.2. The molecule has 0 bridgehead atoms. The second kappa shape index (κ2) is 12.4. The molecular formula is C29H26F3N7O4S. The van der Waals surface area contributed by atoms with Crippen molar-refractivity contribution >= 4 is 40.2 Å². The van der Waals surface area contributed by atoms with Gasteiger partial charge in [-0.3, -0.25) is 9.69 Å². The van der Waals surface area contributed by atoms with E-state index in [4.69, 9.17) is 4.74 Å². The van der Waals surface area contributed by atoms with E-state index in [1.165, 1.54) is 33.7 Å². The van der Waals surface area contributed by atoms with Gasteiger partial charge in [0.05, 0.1) is 24.7 Å². The first-order chi connectivity index (χ1) is 20.9. The highest BCUT2D eigenvalue weighted by molar-refractivity contribution is 8.15. The molecule has 1 N–H and O–H groups in total. The minimum Gasteiger partial charge on any atom is -0.497 e. The normalized spacial score (nSPS) is 14.4. The second-order valence-corrected chi connectivity index (χ2v) is 10.8. The molecule has 3 heterocycles. The number of hydrogen-bond acceptors (Lipinski definition) is 8. The smallest absolute Gasteiger partial charge is 0.497 e. The molecule has 3 amide bonds. The number of nitrogens with zero attached hydrogens (tertiary/aromatic N) is 6. The van der Waals surface area contributed by atoms with E-state index in [0.29, 0.717) is 34.1 Å². The van der Waals surface area contributed by atoms with Crippen LogP contribution in [-0.4, -0.2) is 56.1 Å². The summed E-state index contributed by atoms with van der Waals surface area (Å²) in [6.45, 7) is 5.82. The number of carbonyl (C=O) groups excluding carboxylic acids is 2. The fraction of sp³-hybridized carbons (Fsp3) is 0.241. The number of halogens is 3. The van der Waals surface area contributed by atoms with Gasteiger partial charge in [0, 0.05) is 17.3 Å². The lowest BCUT2D eigenvalue weighted by Gasteiger charge is -2.22. The van der Waals surface area contributed by atoms with Gasteiger partial charge in [-0.2, -0.15) is 4.99 Å². The Morgan fingerprint density at radius 1 is 1.09 bits per heavy atom. The average molecular weight is 626 g/mol. The van der Waals surface area contributed by atoms with Gasteiger partial charge < -0.3 is 14.8 Å². The van der Waals surface area contributed by atoms with Crippen LogP contribution in [0.4, 0.5) is 29.3 Å². The number of ether oxygens (including phenoxy) is 2. The summed E-state index contributed by atoms with van der Waals surface area (Å²) in [5, 5.41) is 7.38. The Morgan fingerprint density at radius 2 is 1.86 bits per heavy atom. The summed E-state index contributed by atoms with van der Waals surface area (Å²) in [5.41, 5.74) is 3.36. The second-order valence-electron chi connectivity index (χ2n) is 9.86. The number of aromatic nitrogens is 4. The summed E-state index contributed by atoms with van der Waals surface area (Å²) in [6.07, 6.45) is -2.50. The van der Waals surface area contributed by atoms with Crippen LogP contribution in [0.1, 0.15) is 30.9 Å². The van der Waals surface area contributed by atoms with E-state index >= 15 is 0 Å². The number of hydrogen-bond donors (Lipinski definition) is 1.